The number of aromatic nitrogens is 1. The third-order valence-electron chi connectivity index (χ3n) is 2.37. The lowest BCUT2D eigenvalue weighted by molar-refractivity contribution is 0.235. The van der Waals surface area contributed by atoms with E-state index in [0.717, 1.165) is 6.07 Å². The minimum atomic E-state index is -4.61. The van der Waals surface area contributed by atoms with E-state index >= 15 is 0 Å². The second kappa shape index (κ2) is 5.62. The van der Waals surface area contributed by atoms with Crippen LogP contribution in [0.25, 0.3) is 0 Å². The number of sulfone groups is 1. The molecule has 102 valence electrons. The second-order valence-electron chi connectivity index (χ2n) is 3.64. The van der Waals surface area contributed by atoms with E-state index in [1.807, 2.05) is 0 Å². The number of thiazole rings is 1. The van der Waals surface area contributed by atoms with Gasteiger partial charge in [0.2, 0.25) is 9.84 Å². The van der Waals surface area contributed by atoms with Crippen molar-refractivity contribution in [3.8, 4) is 0 Å². The highest BCUT2D eigenvalue weighted by Crippen LogP contribution is 2.26. The van der Waals surface area contributed by atoms with Crippen molar-refractivity contribution in [1.82, 2.24) is 4.98 Å². The lowest BCUT2D eigenvalue weighted by atomic mass is 10.3. The first kappa shape index (κ1) is 13.9. The van der Waals surface area contributed by atoms with Crippen LogP contribution in [0.2, 0.25) is 0 Å². The lowest BCUT2D eigenvalue weighted by Crippen LogP contribution is -2.14. The Morgan fingerprint density at radius 1 is 1.32 bits per heavy atom. The molecule has 2 aromatic rings. The largest absolute Gasteiger partial charge is 0.378 e. The molecule has 0 saturated carbocycles. The Labute approximate surface area is 113 Å². The van der Waals surface area contributed by atoms with Crippen molar-refractivity contribution in [2.45, 2.75) is 17.2 Å². The fourth-order valence-electron chi connectivity index (χ4n) is 1.47. The van der Waals surface area contributed by atoms with Gasteiger partial charge in [-0.2, -0.15) is 8.78 Å². The summed E-state index contributed by atoms with van der Waals surface area (Å²) in [7, 11) is -4.61. The summed E-state index contributed by atoms with van der Waals surface area (Å²) in [6.45, 7) is 0.277. The molecule has 1 aromatic heterocycles. The SMILES string of the molecule is O=S(=O)(c1ccccc1NCc1cscn1)C(F)F. The number of rotatable bonds is 5. The van der Waals surface area contributed by atoms with Crippen LogP contribution in [0, 0.1) is 0 Å². The Morgan fingerprint density at radius 3 is 2.68 bits per heavy atom. The fourth-order valence-corrected chi connectivity index (χ4v) is 2.93. The number of nitrogens with zero attached hydrogens (tertiary/aromatic N) is 1. The fraction of sp³-hybridized carbons (Fsp3) is 0.182. The Hall–Kier alpha value is -1.54. The molecule has 1 aromatic carbocycles. The zero-order valence-corrected chi connectivity index (χ0v) is 11.2. The minimum absolute atomic E-state index is 0.149. The summed E-state index contributed by atoms with van der Waals surface area (Å²) in [6, 6.07) is 5.59. The molecule has 0 saturated heterocycles. The van der Waals surface area contributed by atoms with Gasteiger partial charge in [0.15, 0.2) is 0 Å². The number of benzene rings is 1. The number of hydrogen-bond acceptors (Lipinski definition) is 5. The predicted octanol–water partition coefficient (Wildman–Crippen LogP) is 2.75. The van der Waals surface area contributed by atoms with Crippen molar-refractivity contribution >= 4 is 26.9 Å². The van der Waals surface area contributed by atoms with Crippen LogP contribution in [-0.4, -0.2) is 19.2 Å². The summed E-state index contributed by atoms with van der Waals surface area (Å²) in [4.78, 5) is 3.61. The third-order valence-corrected chi connectivity index (χ3v) is 4.45. The summed E-state index contributed by atoms with van der Waals surface area (Å²) in [5.41, 5.74) is 2.50. The zero-order valence-electron chi connectivity index (χ0n) is 9.58. The van der Waals surface area contributed by atoms with Gasteiger partial charge in [-0.1, -0.05) is 12.1 Å². The molecule has 0 atom stereocenters. The van der Waals surface area contributed by atoms with E-state index in [1.165, 1.54) is 23.5 Å². The van der Waals surface area contributed by atoms with E-state index in [0.29, 0.717) is 5.69 Å². The van der Waals surface area contributed by atoms with Gasteiger partial charge in [0, 0.05) is 5.38 Å². The maximum absolute atomic E-state index is 12.6. The van der Waals surface area contributed by atoms with Gasteiger partial charge in [-0.25, -0.2) is 13.4 Å². The second-order valence-corrected chi connectivity index (χ2v) is 6.24. The molecule has 0 spiro atoms. The van der Waals surface area contributed by atoms with Crippen molar-refractivity contribution in [2.24, 2.45) is 0 Å². The molecule has 0 radical (unpaired) electrons. The minimum Gasteiger partial charge on any atom is -0.378 e. The first-order valence-electron chi connectivity index (χ1n) is 5.24. The molecule has 1 N–H and O–H groups in total. The summed E-state index contributed by atoms with van der Waals surface area (Å²) < 4.78 is 48.2. The topological polar surface area (TPSA) is 59.1 Å². The molecule has 0 amide bonds. The Morgan fingerprint density at radius 2 is 2.05 bits per heavy atom. The van der Waals surface area contributed by atoms with Crippen LogP contribution < -0.4 is 5.32 Å². The maximum Gasteiger partial charge on any atom is 0.341 e. The number of nitrogens with one attached hydrogen (secondary N) is 1. The average Bonchev–Trinajstić information content (AvgIpc) is 2.89. The molecule has 0 aliphatic rings. The van der Waals surface area contributed by atoms with Gasteiger partial charge in [0.1, 0.15) is 0 Å². The average molecular weight is 304 g/mol. The molecule has 1 heterocycles. The van der Waals surface area contributed by atoms with Crippen molar-refractivity contribution in [1.29, 1.82) is 0 Å². The van der Waals surface area contributed by atoms with E-state index in [1.54, 1.807) is 17.0 Å². The molecule has 8 heteroatoms. The summed E-state index contributed by atoms with van der Waals surface area (Å²) in [6.07, 6.45) is 0. The van der Waals surface area contributed by atoms with E-state index in [2.05, 4.69) is 10.3 Å². The van der Waals surface area contributed by atoms with Crippen molar-refractivity contribution in [2.75, 3.05) is 5.32 Å². The number of hydrogen-bond donors (Lipinski definition) is 1. The van der Waals surface area contributed by atoms with Crippen LogP contribution in [0.1, 0.15) is 5.69 Å². The molecule has 0 aliphatic heterocycles. The first-order valence-corrected chi connectivity index (χ1v) is 7.73. The number of halogens is 2. The molecule has 0 aliphatic carbocycles. The number of para-hydroxylation sites is 1. The summed E-state index contributed by atoms with van der Waals surface area (Å²) in [5.74, 6) is -3.44. The highest BCUT2D eigenvalue weighted by Gasteiger charge is 2.28. The van der Waals surface area contributed by atoms with E-state index < -0.39 is 20.5 Å². The van der Waals surface area contributed by atoms with Crippen molar-refractivity contribution in [3.05, 3.63) is 40.8 Å². The molecule has 4 nitrogen and oxygen atoms in total. The molecule has 0 bridgehead atoms. The van der Waals surface area contributed by atoms with Gasteiger partial charge >= 0.3 is 5.76 Å². The van der Waals surface area contributed by atoms with Crippen molar-refractivity contribution in [3.63, 3.8) is 0 Å². The van der Waals surface area contributed by atoms with Crippen LogP contribution in [0.3, 0.4) is 0 Å². The van der Waals surface area contributed by atoms with Crippen LogP contribution in [0.4, 0.5) is 14.5 Å². The van der Waals surface area contributed by atoms with Crippen molar-refractivity contribution < 1.29 is 17.2 Å². The standard InChI is InChI=1S/C11H10F2N2O2S2/c12-11(13)19(16,17)10-4-2-1-3-9(10)14-5-8-6-18-7-15-8/h1-4,6-7,11,14H,5H2. The predicted molar refractivity (Wildman–Crippen MR) is 69.1 cm³/mol. The van der Waals surface area contributed by atoms with Crippen LogP contribution in [-0.2, 0) is 16.4 Å². The summed E-state index contributed by atoms with van der Waals surface area (Å²) in [5, 5.41) is 4.60. The third kappa shape index (κ3) is 3.07. The Kier molecular flexibility index (Phi) is 4.11. The normalized spacial score (nSPS) is 11.7. The molecular formula is C11H10F2N2O2S2. The maximum atomic E-state index is 12.6. The first-order chi connectivity index (χ1) is 9.01. The molecule has 19 heavy (non-hydrogen) atoms. The van der Waals surface area contributed by atoms with Gasteiger partial charge in [0.05, 0.1) is 28.3 Å². The Balaban J connectivity index is 2.27. The lowest BCUT2D eigenvalue weighted by Gasteiger charge is -2.11. The Bertz CT molecular complexity index is 642. The zero-order chi connectivity index (χ0) is 13.9. The van der Waals surface area contributed by atoms with Gasteiger partial charge in [-0.15, -0.1) is 11.3 Å². The van der Waals surface area contributed by atoms with Crippen LogP contribution in [0.15, 0.2) is 40.1 Å². The van der Waals surface area contributed by atoms with E-state index in [9.17, 15) is 17.2 Å². The number of alkyl halides is 2. The smallest absolute Gasteiger partial charge is 0.341 e. The van der Waals surface area contributed by atoms with Gasteiger partial charge in [-0.05, 0) is 12.1 Å². The number of anilines is 1. The highest BCUT2D eigenvalue weighted by atomic mass is 32.2. The summed E-state index contributed by atoms with van der Waals surface area (Å²) >= 11 is 1.40. The molecule has 0 unspecified atom stereocenters. The molecule has 0 fully saturated rings. The van der Waals surface area contributed by atoms with Gasteiger partial charge < -0.3 is 5.32 Å². The molecular weight excluding hydrogens is 294 g/mol. The monoisotopic (exact) mass is 304 g/mol. The quantitative estimate of drug-likeness (QED) is 0.922. The van der Waals surface area contributed by atoms with Crippen LogP contribution >= 0.6 is 11.3 Å². The van der Waals surface area contributed by atoms with Crippen LogP contribution in [0.5, 0.6) is 0 Å². The molecule has 2 rings (SSSR count). The van der Waals surface area contributed by atoms with E-state index in [4.69, 9.17) is 0 Å². The van der Waals surface area contributed by atoms with E-state index in [-0.39, 0.29) is 12.2 Å². The van der Waals surface area contributed by atoms with Gasteiger partial charge in [0.25, 0.3) is 0 Å². The highest BCUT2D eigenvalue weighted by molar-refractivity contribution is 7.91. The van der Waals surface area contributed by atoms with Gasteiger partial charge in [-0.3, -0.25) is 0 Å².